The van der Waals surface area contributed by atoms with Gasteiger partial charge in [0.2, 0.25) is 0 Å². The summed E-state index contributed by atoms with van der Waals surface area (Å²) in [5.41, 5.74) is -0.190. The summed E-state index contributed by atoms with van der Waals surface area (Å²) in [5, 5.41) is 8.84. The maximum absolute atomic E-state index is 8.84. The van der Waals surface area contributed by atoms with E-state index in [0.29, 0.717) is 6.61 Å². The van der Waals surface area contributed by atoms with Crippen LogP contribution in [0.15, 0.2) is 0 Å². The Hall–Kier alpha value is -0.590. The SMILES string of the molecule is COC(C)(C)CC1OCCC1C#N. The van der Waals surface area contributed by atoms with E-state index < -0.39 is 0 Å². The highest BCUT2D eigenvalue weighted by Crippen LogP contribution is 2.28. The van der Waals surface area contributed by atoms with E-state index in [4.69, 9.17) is 14.7 Å². The van der Waals surface area contributed by atoms with E-state index in [-0.39, 0.29) is 17.6 Å². The molecule has 3 nitrogen and oxygen atoms in total. The van der Waals surface area contributed by atoms with Gasteiger partial charge in [0.1, 0.15) is 0 Å². The Morgan fingerprint density at radius 1 is 1.62 bits per heavy atom. The summed E-state index contributed by atoms with van der Waals surface area (Å²) in [6, 6.07) is 2.28. The highest BCUT2D eigenvalue weighted by atomic mass is 16.5. The molecule has 1 saturated heterocycles. The molecule has 1 aliphatic rings. The van der Waals surface area contributed by atoms with Crippen molar-refractivity contribution in [3.05, 3.63) is 0 Å². The third-order valence-electron chi connectivity index (χ3n) is 2.62. The van der Waals surface area contributed by atoms with Crippen molar-refractivity contribution in [3.8, 4) is 6.07 Å². The molecule has 1 aliphatic heterocycles. The third-order valence-corrected chi connectivity index (χ3v) is 2.62. The molecule has 0 aliphatic carbocycles. The van der Waals surface area contributed by atoms with Gasteiger partial charge in [0.25, 0.3) is 0 Å². The summed E-state index contributed by atoms with van der Waals surface area (Å²) < 4.78 is 10.8. The molecule has 0 saturated carbocycles. The first kappa shape index (κ1) is 10.5. The minimum absolute atomic E-state index is 0.0504. The summed E-state index contributed by atoms with van der Waals surface area (Å²) in [7, 11) is 1.69. The molecule has 0 aromatic carbocycles. The molecule has 0 aromatic rings. The number of hydrogen-bond acceptors (Lipinski definition) is 3. The van der Waals surface area contributed by atoms with Crippen LogP contribution in [0.5, 0.6) is 0 Å². The van der Waals surface area contributed by atoms with Crippen molar-refractivity contribution in [1.82, 2.24) is 0 Å². The maximum Gasteiger partial charge on any atom is 0.0761 e. The highest BCUT2D eigenvalue weighted by Gasteiger charge is 2.33. The quantitative estimate of drug-likeness (QED) is 0.669. The Morgan fingerprint density at radius 3 is 2.85 bits per heavy atom. The first-order chi connectivity index (χ1) is 6.09. The number of rotatable bonds is 3. The van der Waals surface area contributed by atoms with Gasteiger partial charge < -0.3 is 9.47 Å². The van der Waals surface area contributed by atoms with E-state index in [1.54, 1.807) is 7.11 Å². The average Bonchev–Trinajstić information content (AvgIpc) is 2.51. The van der Waals surface area contributed by atoms with Crippen molar-refractivity contribution >= 4 is 0 Å². The van der Waals surface area contributed by atoms with Gasteiger partial charge in [-0.15, -0.1) is 0 Å². The van der Waals surface area contributed by atoms with E-state index in [9.17, 15) is 0 Å². The van der Waals surface area contributed by atoms with Crippen LogP contribution in [0.3, 0.4) is 0 Å². The molecule has 2 unspecified atom stereocenters. The van der Waals surface area contributed by atoms with Crippen LogP contribution in [0.2, 0.25) is 0 Å². The topological polar surface area (TPSA) is 42.2 Å². The van der Waals surface area contributed by atoms with Crippen LogP contribution in [0.4, 0.5) is 0 Å². The normalized spacial score (nSPS) is 28.8. The molecule has 1 heterocycles. The molecule has 1 fully saturated rings. The van der Waals surface area contributed by atoms with Crippen molar-refractivity contribution in [2.75, 3.05) is 13.7 Å². The van der Waals surface area contributed by atoms with E-state index in [1.165, 1.54) is 0 Å². The van der Waals surface area contributed by atoms with Gasteiger partial charge in [0.05, 0.1) is 23.7 Å². The lowest BCUT2D eigenvalue weighted by Crippen LogP contribution is -2.31. The fourth-order valence-electron chi connectivity index (χ4n) is 1.57. The second-order valence-electron chi connectivity index (χ2n) is 4.10. The third kappa shape index (κ3) is 2.68. The Labute approximate surface area is 79.6 Å². The Morgan fingerprint density at radius 2 is 2.31 bits per heavy atom. The predicted molar refractivity (Wildman–Crippen MR) is 49.2 cm³/mol. The molecule has 0 aromatic heterocycles. The molecule has 0 bridgehead atoms. The van der Waals surface area contributed by atoms with Crippen LogP contribution in [-0.2, 0) is 9.47 Å². The van der Waals surface area contributed by atoms with Crippen molar-refractivity contribution in [3.63, 3.8) is 0 Å². The molecule has 0 N–H and O–H groups in total. The molecule has 0 radical (unpaired) electrons. The number of methoxy groups -OCH3 is 1. The lowest BCUT2D eigenvalue weighted by atomic mass is 9.92. The van der Waals surface area contributed by atoms with Crippen molar-refractivity contribution in [2.45, 2.75) is 38.4 Å². The summed E-state index contributed by atoms with van der Waals surface area (Å²) in [5.74, 6) is 0.0504. The van der Waals surface area contributed by atoms with Gasteiger partial charge in [-0.05, 0) is 20.3 Å². The van der Waals surface area contributed by atoms with Gasteiger partial charge in [-0.1, -0.05) is 0 Å². The molecule has 2 atom stereocenters. The van der Waals surface area contributed by atoms with Crippen LogP contribution in [0.1, 0.15) is 26.7 Å². The second-order valence-corrected chi connectivity index (χ2v) is 4.10. The van der Waals surface area contributed by atoms with E-state index in [1.807, 2.05) is 13.8 Å². The van der Waals surface area contributed by atoms with Gasteiger partial charge in [0.15, 0.2) is 0 Å². The zero-order valence-corrected chi connectivity index (χ0v) is 8.54. The highest BCUT2D eigenvalue weighted by molar-refractivity contribution is 4.94. The maximum atomic E-state index is 8.84. The molecule has 1 rings (SSSR count). The van der Waals surface area contributed by atoms with Crippen molar-refractivity contribution in [2.24, 2.45) is 5.92 Å². The fourth-order valence-corrected chi connectivity index (χ4v) is 1.57. The number of nitrogens with zero attached hydrogens (tertiary/aromatic N) is 1. The van der Waals surface area contributed by atoms with Crippen LogP contribution >= 0.6 is 0 Å². The Kier molecular flexibility index (Phi) is 3.29. The Bertz CT molecular complexity index is 207. The molecule has 0 amide bonds. The first-order valence-electron chi connectivity index (χ1n) is 4.65. The standard InChI is InChI=1S/C10H17NO2/c1-10(2,12-3)6-9-8(7-11)4-5-13-9/h8-9H,4-6H2,1-3H3. The van der Waals surface area contributed by atoms with Crippen LogP contribution in [0, 0.1) is 17.2 Å². The molecule has 13 heavy (non-hydrogen) atoms. The smallest absolute Gasteiger partial charge is 0.0761 e. The average molecular weight is 183 g/mol. The molecule has 0 spiro atoms. The van der Waals surface area contributed by atoms with E-state index in [0.717, 1.165) is 12.8 Å². The monoisotopic (exact) mass is 183 g/mol. The van der Waals surface area contributed by atoms with E-state index in [2.05, 4.69) is 6.07 Å². The minimum atomic E-state index is -0.190. The van der Waals surface area contributed by atoms with E-state index >= 15 is 0 Å². The Balaban J connectivity index is 2.49. The summed E-state index contributed by atoms with van der Waals surface area (Å²) in [4.78, 5) is 0. The molecular formula is C10H17NO2. The largest absolute Gasteiger partial charge is 0.379 e. The summed E-state index contributed by atoms with van der Waals surface area (Å²) in [6.45, 7) is 4.74. The number of hydrogen-bond donors (Lipinski definition) is 0. The zero-order chi connectivity index (χ0) is 9.90. The van der Waals surface area contributed by atoms with Gasteiger partial charge in [-0.2, -0.15) is 5.26 Å². The predicted octanol–water partition coefficient (Wildman–Crippen LogP) is 1.73. The molecule has 3 heteroatoms. The van der Waals surface area contributed by atoms with Crippen LogP contribution < -0.4 is 0 Å². The molecular weight excluding hydrogens is 166 g/mol. The summed E-state index contributed by atoms with van der Waals surface area (Å²) in [6.07, 6.45) is 1.71. The molecule has 74 valence electrons. The van der Waals surface area contributed by atoms with Gasteiger partial charge in [-0.3, -0.25) is 0 Å². The summed E-state index contributed by atoms with van der Waals surface area (Å²) >= 11 is 0. The van der Waals surface area contributed by atoms with Crippen LogP contribution in [0.25, 0.3) is 0 Å². The lowest BCUT2D eigenvalue weighted by molar-refractivity contribution is -0.0310. The van der Waals surface area contributed by atoms with Gasteiger partial charge in [0, 0.05) is 20.1 Å². The lowest BCUT2D eigenvalue weighted by Gasteiger charge is -2.26. The van der Waals surface area contributed by atoms with Gasteiger partial charge >= 0.3 is 0 Å². The number of ether oxygens (including phenoxy) is 2. The fraction of sp³-hybridized carbons (Fsp3) is 0.900. The van der Waals surface area contributed by atoms with Gasteiger partial charge in [-0.25, -0.2) is 0 Å². The first-order valence-corrected chi connectivity index (χ1v) is 4.65. The van der Waals surface area contributed by atoms with Crippen LogP contribution in [-0.4, -0.2) is 25.4 Å². The number of nitriles is 1. The second kappa shape index (κ2) is 4.08. The minimum Gasteiger partial charge on any atom is -0.379 e. The zero-order valence-electron chi connectivity index (χ0n) is 8.54. The van der Waals surface area contributed by atoms with Crippen molar-refractivity contribution < 1.29 is 9.47 Å². The van der Waals surface area contributed by atoms with Crippen molar-refractivity contribution in [1.29, 1.82) is 5.26 Å².